The number of carbonyl (C=O) groups excluding carboxylic acids is 2. The molecule has 4 aromatic rings. The summed E-state index contributed by atoms with van der Waals surface area (Å²) in [5, 5.41) is 0. The standard InChI is InChI=1S/C22H16N4O2/c1-9-5-13-15(7-11(9)3)25-19-17(23-13)18-20(22(28)21(19)27)26-16-8-12(4)10(2)6-14(16)24-18/h5-8H,1-4H3. The van der Waals surface area contributed by atoms with Gasteiger partial charge in [-0.15, -0.1) is 0 Å². The Hall–Kier alpha value is -3.54. The van der Waals surface area contributed by atoms with Gasteiger partial charge in [0.15, 0.2) is 0 Å². The highest BCUT2D eigenvalue weighted by atomic mass is 16.2. The largest absolute Gasteiger partial charge is 0.283 e. The fourth-order valence-corrected chi connectivity index (χ4v) is 3.49. The number of aryl methyl sites for hydroxylation is 4. The summed E-state index contributed by atoms with van der Waals surface area (Å²) < 4.78 is 0. The van der Waals surface area contributed by atoms with E-state index in [1.807, 2.05) is 52.0 Å². The number of rotatable bonds is 0. The second-order valence-electron chi connectivity index (χ2n) is 7.35. The Labute approximate surface area is 160 Å². The molecule has 2 aromatic carbocycles. The molecule has 0 saturated carbocycles. The van der Waals surface area contributed by atoms with Crippen molar-refractivity contribution in [2.24, 2.45) is 0 Å². The van der Waals surface area contributed by atoms with Gasteiger partial charge in [-0.1, -0.05) is 0 Å². The first-order chi connectivity index (χ1) is 13.3. The summed E-state index contributed by atoms with van der Waals surface area (Å²) in [6, 6.07) is 7.62. The molecule has 0 amide bonds. The molecule has 0 radical (unpaired) electrons. The topological polar surface area (TPSA) is 85.7 Å². The number of hydrogen-bond donors (Lipinski definition) is 0. The van der Waals surface area contributed by atoms with Crippen LogP contribution >= 0.6 is 0 Å². The van der Waals surface area contributed by atoms with Crippen LogP contribution in [0.1, 0.15) is 43.2 Å². The molecule has 6 heteroatoms. The van der Waals surface area contributed by atoms with E-state index in [1.165, 1.54) is 0 Å². The van der Waals surface area contributed by atoms with Gasteiger partial charge in [0.25, 0.3) is 11.6 Å². The number of ketones is 2. The van der Waals surface area contributed by atoms with E-state index in [9.17, 15) is 9.59 Å². The molecule has 2 heterocycles. The molecule has 6 nitrogen and oxygen atoms in total. The summed E-state index contributed by atoms with van der Waals surface area (Å²) >= 11 is 0. The Kier molecular flexibility index (Phi) is 3.25. The summed E-state index contributed by atoms with van der Waals surface area (Å²) in [6.07, 6.45) is 0. The molecule has 136 valence electrons. The van der Waals surface area contributed by atoms with Gasteiger partial charge in [-0.25, -0.2) is 19.9 Å². The molecule has 0 unspecified atom stereocenters. The van der Waals surface area contributed by atoms with Gasteiger partial charge in [0.05, 0.1) is 22.1 Å². The fourth-order valence-electron chi connectivity index (χ4n) is 3.49. The molecule has 1 aliphatic carbocycles. The maximum absolute atomic E-state index is 12.7. The van der Waals surface area contributed by atoms with Crippen molar-refractivity contribution < 1.29 is 9.59 Å². The molecule has 28 heavy (non-hydrogen) atoms. The molecule has 0 bridgehead atoms. The molecular weight excluding hydrogens is 352 g/mol. The minimum absolute atomic E-state index is 0.0470. The van der Waals surface area contributed by atoms with Gasteiger partial charge in [0.2, 0.25) is 0 Å². The van der Waals surface area contributed by atoms with Gasteiger partial charge in [0, 0.05) is 0 Å². The molecule has 0 fully saturated rings. The summed E-state index contributed by atoms with van der Waals surface area (Å²) in [4.78, 5) is 43.6. The third kappa shape index (κ3) is 2.21. The number of nitrogens with zero attached hydrogens (tertiary/aromatic N) is 4. The average molecular weight is 368 g/mol. The van der Waals surface area contributed by atoms with Crippen LogP contribution in [-0.4, -0.2) is 31.5 Å². The summed E-state index contributed by atoms with van der Waals surface area (Å²) in [5.41, 5.74) is 7.50. The molecule has 0 aliphatic heterocycles. The quantitative estimate of drug-likeness (QED) is 0.438. The number of carbonyl (C=O) groups is 2. The Balaban J connectivity index is 1.88. The van der Waals surface area contributed by atoms with Crippen LogP contribution < -0.4 is 0 Å². The molecule has 0 saturated heterocycles. The van der Waals surface area contributed by atoms with Crippen molar-refractivity contribution >= 4 is 33.6 Å². The van der Waals surface area contributed by atoms with Crippen LogP contribution in [0.4, 0.5) is 0 Å². The zero-order valence-corrected chi connectivity index (χ0v) is 15.9. The first-order valence-electron chi connectivity index (χ1n) is 9.01. The second-order valence-corrected chi connectivity index (χ2v) is 7.35. The maximum atomic E-state index is 12.7. The van der Waals surface area contributed by atoms with Gasteiger partial charge in [0.1, 0.15) is 22.8 Å². The summed E-state index contributed by atoms with van der Waals surface area (Å²) in [6.45, 7) is 7.94. The van der Waals surface area contributed by atoms with Crippen LogP contribution in [0.3, 0.4) is 0 Å². The lowest BCUT2D eigenvalue weighted by molar-refractivity contribution is 0.0809. The van der Waals surface area contributed by atoms with E-state index in [4.69, 9.17) is 0 Å². The molecule has 0 spiro atoms. The smallest absolute Gasteiger partial charge is 0.255 e. The zero-order valence-electron chi connectivity index (χ0n) is 15.9. The van der Waals surface area contributed by atoms with E-state index in [0.29, 0.717) is 33.5 Å². The van der Waals surface area contributed by atoms with E-state index in [-0.39, 0.29) is 11.4 Å². The fraction of sp³-hybridized carbons (Fsp3) is 0.182. The number of aromatic nitrogens is 4. The molecule has 0 atom stereocenters. The minimum Gasteiger partial charge on any atom is -0.283 e. The van der Waals surface area contributed by atoms with Gasteiger partial charge in [-0.05, 0) is 74.2 Å². The molecule has 0 N–H and O–H groups in total. The normalized spacial score (nSPS) is 13.1. The predicted octanol–water partition coefficient (Wildman–Crippen LogP) is 3.85. The number of benzene rings is 2. The van der Waals surface area contributed by atoms with Gasteiger partial charge < -0.3 is 0 Å². The SMILES string of the molecule is Cc1cc2nc3c(nc2cc1C)-c1nc2cc(C)c(C)cc2nc1C(=O)C3=O. The van der Waals surface area contributed by atoms with E-state index in [1.54, 1.807) is 0 Å². The van der Waals surface area contributed by atoms with Crippen molar-refractivity contribution in [3.63, 3.8) is 0 Å². The van der Waals surface area contributed by atoms with Gasteiger partial charge in [-0.3, -0.25) is 9.59 Å². The lowest BCUT2D eigenvalue weighted by Gasteiger charge is -2.17. The van der Waals surface area contributed by atoms with Crippen LogP contribution in [0.25, 0.3) is 33.5 Å². The Morgan fingerprint density at radius 3 is 1.00 bits per heavy atom. The van der Waals surface area contributed by atoms with Crippen molar-refractivity contribution in [3.05, 3.63) is 57.9 Å². The monoisotopic (exact) mass is 368 g/mol. The third-order valence-electron chi connectivity index (χ3n) is 5.42. The van der Waals surface area contributed by atoms with Crippen molar-refractivity contribution in [3.8, 4) is 11.4 Å². The predicted molar refractivity (Wildman–Crippen MR) is 106 cm³/mol. The van der Waals surface area contributed by atoms with E-state index >= 15 is 0 Å². The lowest BCUT2D eigenvalue weighted by Crippen LogP contribution is -2.25. The van der Waals surface area contributed by atoms with Crippen LogP contribution in [0.15, 0.2) is 24.3 Å². The first kappa shape index (κ1) is 16.6. The lowest BCUT2D eigenvalue weighted by atomic mass is 9.96. The average Bonchev–Trinajstić information content (AvgIpc) is 2.66. The van der Waals surface area contributed by atoms with Crippen molar-refractivity contribution in [2.45, 2.75) is 27.7 Å². The molecule has 5 rings (SSSR count). The van der Waals surface area contributed by atoms with Gasteiger partial charge in [-0.2, -0.15) is 0 Å². The van der Waals surface area contributed by atoms with Crippen LogP contribution in [0.5, 0.6) is 0 Å². The van der Waals surface area contributed by atoms with Crippen LogP contribution in [-0.2, 0) is 0 Å². The van der Waals surface area contributed by atoms with Crippen molar-refractivity contribution in [1.29, 1.82) is 0 Å². The molecular formula is C22H16N4O2. The van der Waals surface area contributed by atoms with Crippen molar-refractivity contribution in [1.82, 2.24) is 19.9 Å². The summed E-state index contributed by atoms with van der Waals surface area (Å²) in [5.74, 6) is -1.37. The van der Waals surface area contributed by atoms with E-state index < -0.39 is 11.6 Å². The van der Waals surface area contributed by atoms with Crippen LogP contribution in [0, 0.1) is 27.7 Å². The third-order valence-corrected chi connectivity index (χ3v) is 5.42. The number of Topliss-reactive ketones (excluding diaryl/α,β-unsaturated/α-hetero) is 2. The minimum atomic E-state index is -0.687. The molecule has 1 aliphatic rings. The first-order valence-corrected chi connectivity index (χ1v) is 9.01. The zero-order chi connectivity index (χ0) is 19.7. The Bertz CT molecular complexity index is 1280. The maximum Gasteiger partial charge on any atom is 0.255 e. The highest BCUT2D eigenvalue weighted by Crippen LogP contribution is 2.32. The highest BCUT2D eigenvalue weighted by Gasteiger charge is 2.36. The van der Waals surface area contributed by atoms with Crippen molar-refractivity contribution in [2.75, 3.05) is 0 Å². The van der Waals surface area contributed by atoms with E-state index in [0.717, 1.165) is 22.3 Å². The summed E-state index contributed by atoms with van der Waals surface area (Å²) in [7, 11) is 0. The molecule has 2 aromatic heterocycles. The highest BCUT2D eigenvalue weighted by molar-refractivity contribution is 6.51. The van der Waals surface area contributed by atoms with Crippen LogP contribution in [0.2, 0.25) is 0 Å². The Morgan fingerprint density at radius 1 is 0.464 bits per heavy atom. The van der Waals surface area contributed by atoms with Gasteiger partial charge >= 0.3 is 0 Å². The number of fused-ring (bicyclic) bond motifs is 5. The van der Waals surface area contributed by atoms with E-state index in [2.05, 4.69) is 19.9 Å². The Morgan fingerprint density at radius 2 is 0.714 bits per heavy atom. The second kappa shape index (κ2) is 5.48. The number of hydrogen-bond acceptors (Lipinski definition) is 6.